The molecule has 6 nitrogen and oxygen atoms in total. The smallest absolute Gasteiger partial charge is 0.253 e. The van der Waals surface area contributed by atoms with Gasteiger partial charge in [0.05, 0.1) is 5.56 Å². The number of pyridine rings is 1. The summed E-state index contributed by atoms with van der Waals surface area (Å²) in [7, 11) is 2.19. The lowest BCUT2D eigenvalue weighted by atomic mass is 9.94. The molecule has 0 radical (unpaired) electrons. The number of benzene rings is 1. The van der Waals surface area contributed by atoms with Gasteiger partial charge in [0.25, 0.3) is 5.91 Å². The van der Waals surface area contributed by atoms with E-state index in [4.69, 9.17) is 0 Å². The molecule has 6 heteroatoms. The van der Waals surface area contributed by atoms with Crippen LogP contribution < -0.4 is 10.2 Å². The van der Waals surface area contributed by atoms with Crippen LogP contribution in [0.15, 0.2) is 48.9 Å². The van der Waals surface area contributed by atoms with E-state index in [-0.39, 0.29) is 5.91 Å². The van der Waals surface area contributed by atoms with Crippen LogP contribution in [0.5, 0.6) is 0 Å². The summed E-state index contributed by atoms with van der Waals surface area (Å²) < 4.78 is 1.74. The monoisotopic (exact) mass is 363 g/mol. The molecule has 2 aromatic heterocycles. The van der Waals surface area contributed by atoms with E-state index in [1.54, 1.807) is 29.1 Å². The van der Waals surface area contributed by atoms with Gasteiger partial charge < -0.3 is 10.2 Å². The topological polar surface area (TPSA) is 62.5 Å². The standard InChI is InChI=1S/C21H25N5O/c1-25(18-5-3-2-4-6-18)19-10-7-16(8-11-19)13-22-21(27)17-9-12-20-24-23-15-26(20)14-17/h7-12,14-15,18H,2-6,13H2,1H3,(H,22,27). The fourth-order valence-electron chi connectivity index (χ4n) is 3.77. The van der Waals surface area contributed by atoms with Gasteiger partial charge in [-0.1, -0.05) is 31.4 Å². The SMILES string of the molecule is CN(c1ccc(CNC(=O)c2ccc3nncn3c2)cc1)C1CCCCC1. The minimum atomic E-state index is -0.103. The normalized spacial score (nSPS) is 15.0. The third-order valence-corrected chi connectivity index (χ3v) is 5.47. The maximum Gasteiger partial charge on any atom is 0.253 e. The van der Waals surface area contributed by atoms with Gasteiger partial charge in [0.2, 0.25) is 0 Å². The molecule has 1 aliphatic rings. The second-order valence-corrected chi connectivity index (χ2v) is 7.27. The fraction of sp³-hybridized carbons (Fsp3) is 0.381. The molecular formula is C21H25N5O. The first-order chi connectivity index (χ1) is 13.2. The summed E-state index contributed by atoms with van der Waals surface area (Å²) in [6.07, 6.45) is 9.93. The molecule has 1 aromatic carbocycles. The predicted octanol–water partition coefficient (Wildman–Crippen LogP) is 3.43. The van der Waals surface area contributed by atoms with Gasteiger partial charge in [-0.25, -0.2) is 0 Å². The molecule has 0 unspecified atom stereocenters. The quantitative estimate of drug-likeness (QED) is 0.754. The van der Waals surface area contributed by atoms with Gasteiger partial charge in [-0.05, 0) is 42.7 Å². The van der Waals surface area contributed by atoms with Gasteiger partial charge in [-0.15, -0.1) is 10.2 Å². The van der Waals surface area contributed by atoms with Gasteiger partial charge >= 0.3 is 0 Å². The third-order valence-electron chi connectivity index (χ3n) is 5.47. The van der Waals surface area contributed by atoms with Crippen molar-refractivity contribution in [1.82, 2.24) is 19.9 Å². The Hall–Kier alpha value is -2.89. The molecule has 1 saturated carbocycles. The Labute approximate surface area is 159 Å². The summed E-state index contributed by atoms with van der Waals surface area (Å²) in [6, 6.07) is 12.7. The number of amides is 1. The van der Waals surface area contributed by atoms with Crippen molar-refractivity contribution in [3.63, 3.8) is 0 Å². The summed E-state index contributed by atoms with van der Waals surface area (Å²) in [5.74, 6) is -0.103. The number of hydrogen-bond acceptors (Lipinski definition) is 4. The zero-order chi connectivity index (χ0) is 18.6. The van der Waals surface area contributed by atoms with Gasteiger partial charge in [-0.2, -0.15) is 0 Å². The summed E-state index contributed by atoms with van der Waals surface area (Å²) in [6.45, 7) is 0.506. The van der Waals surface area contributed by atoms with Gasteiger partial charge in [0.1, 0.15) is 6.33 Å². The van der Waals surface area contributed by atoms with Crippen LogP contribution in [0.2, 0.25) is 0 Å². The number of carbonyl (C=O) groups excluding carboxylic acids is 1. The highest BCUT2D eigenvalue weighted by molar-refractivity contribution is 5.94. The first-order valence-electron chi connectivity index (χ1n) is 9.60. The van der Waals surface area contributed by atoms with E-state index >= 15 is 0 Å². The lowest BCUT2D eigenvalue weighted by Gasteiger charge is -2.33. The summed E-state index contributed by atoms with van der Waals surface area (Å²) in [5.41, 5.74) is 3.66. The average molecular weight is 363 g/mol. The molecular weight excluding hydrogens is 338 g/mol. The Morgan fingerprint density at radius 3 is 2.70 bits per heavy atom. The predicted molar refractivity (Wildman–Crippen MR) is 106 cm³/mol. The van der Waals surface area contributed by atoms with Crippen molar-refractivity contribution >= 4 is 17.2 Å². The summed E-state index contributed by atoms with van der Waals surface area (Å²) in [5, 5.41) is 10.8. The molecule has 0 bridgehead atoms. The minimum Gasteiger partial charge on any atom is -0.372 e. The number of hydrogen-bond donors (Lipinski definition) is 1. The van der Waals surface area contributed by atoms with Gasteiger partial charge in [0.15, 0.2) is 5.65 Å². The number of nitrogens with one attached hydrogen (secondary N) is 1. The Morgan fingerprint density at radius 1 is 1.15 bits per heavy atom. The van der Waals surface area contributed by atoms with E-state index in [2.05, 4.69) is 51.7 Å². The Kier molecular flexibility index (Phi) is 5.05. The van der Waals surface area contributed by atoms with E-state index < -0.39 is 0 Å². The highest BCUT2D eigenvalue weighted by Crippen LogP contribution is 2.26. The zero-order valence-corrected chi connectivity index (χ0v) is 15.6. The molecule has 140 valence electrons. The maximum absolute atomic E-state index is 12.4. The minimum absolute atomic E-state index is 0.103. The molecule has 2 heterocycles. The van der Waals surface area contributed by atoms with Crippen LogP contribution in [0.25, 0.3) is 5.65 Å². The Balaban J connectivity index is 1.35. The molecule has 0 saturated heterocycles. The molecule has 1 aliphatic carbocycles. The summed E-state index contributed by atoms with van der Waals surface area (Å²) >= 11 is 0. The molecule has 0 aliphatic heterocycles. The van der Waals surface area contributed by atoms with Crippen molar-refractivity contribution in [3.05, 3.63) is 60.0 Å². The third kappa shape index (κ3) is 3.94. The molecule has 0 atom stereocenters. The van der Waals surface area contributed by atoms with E-state index in [0.717, 1.165) is 11.2 Å². The van der Waals surface area contributed by atoms with E-state index in [1.807, 2.05) is 0 Å². The highest BCUT2D eigenvalue weighted by Gasteiger charge is 2.18. The second kappa shape index (κ2) is 7.78. The van der Waals surface area contributed by atoms with Crippen LogP contribution in [0, 0.1) is 0 Å². The van der Waals surface area contributed by atoms with Crippen molar-refractivity contribution < 1.29 is 4.79 Å². The van der Waals surface area contributed by atoms with Crippen LogP contribution >= 0.6 is 0 Å². The van der Waals surface area contributed by atoms with Crippen LogP contribution in [-0.4, -0.2) is 33.6 Å². The zero-order valence-electron chi connectivity index (χ0n) is 15.6. The Morgan fingerprint density at radius 2 is 1.93 bits per heavy atom. The molecule has 3 aromatic rings. The first kappa shape index (κ1) is 17.5. The molecule has 1 amide bonds. The van der Waals surface area contributed by atoms with E-state index in [0.29, 0.717) is 18.2 Å². The number of fused-ring (bicyclic) bond motifs is 1. The summed E-state index contributed by atoms with van der Waals surface area (Å²) in [4.78, 5) is 14.8. The number of nitrogens with zero attached hydrogens (tertiary/aromatic N) is 4. The van der Waals surface area contributed by atoms with E-state index in [9.17, 15) is 4.79 Å². The Bertz CT molecular complexity index is 912. The van der Waals surface area contributed by atoms with E-state index in [1.165, 1.54) is 37.8 Å². The average Bonchev–Trinajstić information content (AvgIpc) is 3.20. The number of carbonyl (C=O) groups is 1. The van der Waals surface area contributed by atoms with Crippen molar-refractivity contribution in [3.8, 4) is 0 Å². The molecule has 0 spiro atoms. The molecule has 4 rings (SSSR count). The van der Waals surface area contributed by atoms with Crippen LogP contribution in [-0.2, 0) is 6.54 Å². The maximum atomic E-state index is 12.4. The van der Waals surface area contributed by atoms with Crippen LogP contribution in [0.1, 0.15) is 48.0 Å². The number of aromatic nitrogens is 3. The largest absolute Gasteiger partial charge is 0.372 e. The van der Waals surface area contributed by atoms with Crippen LogP contribution in [0.4, 0.5) is 5.69 Å². The first-order valence-corrected chi connectivity index (χ1v) is 9.60. The number of rotatable bonds is 5. The van der Waals surface area contributed by atoms with Gasteiger partial charge in [0, 0.05) is 31.5 Å². The molecule has 27 heavy (non-hydrogen) atoms. The van der Waals surface area contributed by atoms with Crippen molar-refractivity contribution in [2.75, 3.05) is 11.9 Å². The molecule has 1 N–H and O–H groups in total. The lowest BCUT2D eigenvalue weighted by molar-refractivity contribution is 0.0950. The van der Waals surface area contributed by atoms with Crippen molar-refractivity contribution in [2.45, 2.75) is 44.7 Å². The second-order valence-electron chi connectivity index (χ2n) is 7.27. The fourth-order valence-corrected chi connectivity index (χ4v) is 3.77. The highest BCUT2D eigenvalue weighted by atomic mass is 16.1. The van der Waals surface area contributed by atoms with Crippen LogP contribution in [0.3, 0.4) is 0 Å². The van der Waals surface area contributed by atoms with Crippen molar-refractivity contribution in [2.24, 2.45) is 0 Å². The van der Waals surface area contributed by atoms with Gasteiger partial charge in [-0.3, -0.25) is 9.20 Å². The lowest BCUT2D eigenvalue weighted by Crippen LogP contribution is -2.33. The van der Waals surface area contributed by atoms with Crippen molar-refractivity contribution in [1.29, 1.82) is 0 Å². The molecule has 1 fully saturated rings. The number of anilines is 1.